The van der Waals surface area contributed by atoms with Crippen molar-refractivity contribution in [1.29, 1.82) is 0 Å². The van der Waals surface area contributed by atoms with Gasteiger partial charge in [-0.3, -0.25) is 4.90 Å². The molecular formula is C13H23N5. The van der Waals surface area contributed by atoms with Crippen LogP contribution >= 0.6 is 0 Å². The molecule has 2 rings (SSSR count). The smallest absolute Gasteiger partial charge is 0.146 e. The highest BCUT2D eigenvalue weighted by atomic mass is 15.2. The van der Waals surface area contributed by atoms with Crippen molar-refractivity contribution in [1.82, 2.24) is 25.1 Å². The molecule has 5 heteroatoms. The number of nitrogens with zero attached hydrogens (tertiary/aromatic N) is 4. The summed E-state index contributed by atoms with van der Waals surface area (Å²) < 4.78 is 0. The van der Waals surface area contributed by atoms with Crippen LogP contribution in [-0.2, 0) is 6.54 Å². The van der Waals surface area contributed by atoms with Gasteiger partial charge in [0.25, 0.3) is 0 Å². The molecule has 1 unspecified atom stereocenters. The zero-order valence-corrected chi connectivity index (χ0v) is 11.6. The number of likely N-dealkylation sites (N-methyl/N-ethyl adjacent to an activating group) is 2. The minimum absolute atomic E-state index is 0.300. The van der Waals surface area contributed by atoms with Gasteiger partial charge in [0.05, 0.1) is 11.7 Å². The van der Waals surface area contributed by atoms with Gasteiger partial charge in [0.1, 0.15) is 5.82 Å². The molecule has 0 aliphatic carbocycles. The van der Waals surface area contributed by atoms with Gasteiger partial charge in [0, 0.05) is 19.3 Å². The lowest BCUT2D eigenvalue weighted by molar-refractivity contribution is 0.219. The molecule has 1 atom stereocenters. The SMILES string of the molecule is CNCc1ccnc(C2CN(C)CCCN2C)n1. The third-order valence-corrected chi connectivity index (χ3v) is 3.46. The van der Waals surface area contributed by atoms with E-state index in [2.05, 4.69) is 39.2 Å². The molecule has 2 heterocycles. The first-order valence-corrected chi connectivity index (χ1v) is 6.56. The fourth-order valence-corrected chi connectivity index (χ4v) is 2.40. The zero-order chi connectivity index (χ0) is 13.0. The summed E-state index contributed by atoms with van der Waals surface area (Å²) in [5.74, 6) is 0.944. The second-order valence-electron chi connectivity index (χ2n) is 5.05. The summed E-state index contributed by atoms with van der Waals surface area (Å²) in [6.45, 7) is 4.05. The van der Waals surface area contributed by atoms with E-state index >= 15 is 0 Å². The molecule has 0 bridgehead atoms. The van der Waals surface area contributed by atoms with Crippen molar-refractivity contribution >= 4 is 0 Å². The van der Waals surface area contributed by atoms with E-state index in [1.165, 1.54) is 6.42 Å². The Morgan fingerprint density at radius 2 is 2.22 bits per heavy atom. The fourth-order valence-electron chi connectivity index (χ4n) is 2.40. The van der Waals surface area contributed by atoms with Crippen LogP contribution in [0.2, 0.25) is 0 Å². The summed E-state index contributed by atoms with van der Waals surface area (Å²) in [6, 6.07) is 2.27. The Morgan fingerprint density at radius 1 is 1.39 bits per heavy atom. The number of rotatable bonds is 3. The molecule has 1 fully saturated rings. The Morgan fingerprint density at radius 3 is 3.00 bits per heavy atom. The first-order chi connectivity index (χ1) is 8.70. The summed E-state index contributed by atoms with van der Waals surface area (Å²) in [6.07, 6.45) is 3.08. The van der Waals surface area contributed by atoms with E-state index < -0.39 is 0 Å². The molecule has 1 aliphatic rings. The van der Waals surface area contributed by atoms with Crippen LogP contribution in [0.25, 0.3) is 0 Å². The molecule has 1 N–H and O–H groups in total. The Kier molecular flexibility index (Phi) is 4.63. The Labute approximate surface area is 109 Å². The van der Waals surface area contributed by atoms with Crippen LogP contribution in [0.15, 0.2) is 12.3 Å². The summed E-state index contributed by atoms with van der Waals surface area (Å²) in [5.41, 5.74) is 1.06. The van der Waals surface area contributed by atoms with Crippen molar-refractivity contribution < 1.29 is 0 Å². The molecule has 1 aromatic rings. The maximum Gasteiger partial charge on any atom is 0.146 e. The second kappa shape index (κ2) is 6.22. The van der Waals surface area contributed by atoms with Gasteiger partial charge < -0.3 is 10.2 Å². The van der Waals surface area contributed by atoms with Crippen molar-refractivity contribution in [3.8, 4) is 0 Å². The van der Waals surface area contributed by atoms with E-state index in [0.29, 0.717) is 6.04 Å². The number of hydrogen-bond donors (Lipinski definition) is 1. The van der Waals surface area contributed by atoms with Gasteiger partial charge in [0.15, 0.2) is 0 Å². The van der Waals surface area contributed by atoms with Gasteiger partial charge in [-0.1, -0.05) is 0 Å². The van der Waals surface area contributed by atoms with E-state index in [1.807, 2.05) is 19.3 Å². The molecular weight excluding hydrogens is 226 g/mol. The summed E-state index contributed by atoms with van der Waals surface area (Å²) in [5, 5.41) is 3.13. The van der Waals surface area contributed by atoms with Gasteiger partial charge in [-0.05, 0) is 46.7 Å². The van der Waals surface area contributed by atoms with Gasteiger partial charge in [0.2, 0.25) is 0 Å². The highest BCUT2D eigenvalue weighted by Gasteiger charge is 2.24. The lowest BCUT2D eigenvalue weighted by Gasteiger charge is -2.26. The van der Waals surface area contributed by atoms with E-state index in [-0.39, 0.29) is 0 Å². The molecule has 0 aromatic carbocycles. The number of aromatic nitrogens is 2. The van der Waals surface area contributed by atoms with Gasteiger partial charge in [-0.15, -0.1) is 0 Å². The van der Waals surface area contributed by atoms with Crippen LogP contribution < -0.4 is 5.32 Å². The van der Waals surface area contributed by atoms with Crippen molar-refractivity contribution in [3.63, 3.8) is 0 Å². The maximum absolute atomic E-state index is 4.67. The van der Waals surface area contributed by atoms with Crippen LogP contribution in [0.3, 0.4) is 0 Å². The topological polar surface area (TPSA) is 44.3 Å². The Hall–Kier alpha value is -1.04. The van der Waals surface area contributed by atoms with E-state index in [1.54, 1.807) is 0 Å². The minimum atomic E-state index is 0.300. The molecule has 0 radical (unpaired) electrons. The van der Waals surface area contributed by atoms with Crippen molar-refractivity contribution in [2.75, 3.05) is 40.8 Å². The number of nitrogens with one attached hydrogen (secondary N) is 1. The van der Waals surface area contributed by atoms with Gasteiger partial charge in [-0.25, -0.2) is 9.97 Å². The largest absolute Gasteiger partial charge is 0.314 e. The van der Waals surface area contributed by atoms with Crippen molar-refractivity contribution in [2.45, 2.75) is 19.0 Å². The quantitative estimate of drug-likeness (QED) is 0.845. The molecule has 1 saturated heterocycles. The van der Waals surface area contributed by atoms with Crippen LogP contribution in [-0.4, -0.2) is 60.5 Å². The lowest BCUT2D eigenvalue weighted by atomic mass is 10.2. The maximum atomic E-state index is 4.67. The Balaban J connectivity index is 2.19. The first kappa shape index (κ1) is 13.4. The lowest BCUT2D eigenvalue weighted by Crippen LogP contribution is -2.32. The van der Waals surface area contributed by atoms with Crippen LogP contribution in [0.4, 0.5) is 0 Å². The average molecular weight is 249 g/mol. The molecule has 18 heavy (non-hydrogen) atoms. The van der Waals surface area contributed by atoms with Crippen LogP contribution in [0.1, 0.15) is 24.0 Å². The van der Waals surface area contributed by atoms with Crippen LogP contribution in [0, 0.1) is 0 Å². The third-order valence-electron chi connectivity index (χ3n) is 3.46. The standard InChI is InChI=1S/C13H23N5/c1-14-9-11-5-6-15-13(16-11)12-10-17(2)7-4-8-18(12)3/h5-6,12,14H,4,7-10H2,1-3H3. The second-order valence-corrected chi connectivity index (χ2v) is 5.05. The summed E-state index contributed by atoms with van der Waals surface area (Å²) in [7, 11) is 6.27. The third kappa shape index (κ3) is 3.25. The van der Waals surface area contributed by atoms with E-state index in [4.69, 9.17) is 0 Å². The van der Waals surface area contributed by atoms with E-state index in [0.717, 1.165) is 37.7 Å². The zero-order valence-electron chi connectivity index (χ0n) is 11.6. The molecule has 1 aromatic heterocycles. The Bertz CT molecular complexity index is 381. The normalized spacial score (nSPS) is 22.9. The van der Waals surface area contributed by atoms with E-state index in [9.17, 15) is 0 Å². The molecule has 0 spiro atoms. The van der Waals surface area contributed by atoms with Gasteiger partial charge in [-0.2, -0.15) is 0 Å². The van der Waals surface area contributed by atoms with Crippen LogP contribution in [0.5, 0.6) is 0 Å². The van der Waals surface area contributed by atoms with Gasteiger partial charge >= 0.3 is 0 Å². The predicted molar refractivity (Wildman–Crippen MR) is 72.3 cm³/mol. The molecule has 0 amide bonds. The predicted octanol–water partition coefficient (Wildman–Crippen LogP) is 0.504. The highest BCUT2D eigenvalue weighted by molar-refractivity contribution is 5.06. The first-order valence-electron chi connectivity index (χ1n) is 6.56. The fraction of sp³-hybridized carbons (Fsp3) is 0.692. The summed E-state index contributed by atoms with van der Waals surface area (Å²) in [4.78, 5) is 13.9. The monoisotopic (exact) mass is 249 g/mol. The summed E-state index contributed by atoms with van der Waals surface area (Å²) >= 11 is 0. The molecule has 100 valence electrons. The number of hydrogen-bond acceptors (Lipinski definition) is 5. The highest BCUT2D eigenvalue weighted by Crippen LogP contribution is 2.19. The average Bonchev–Trinajstić information content (AvgIpc) is 2.52. The molecule has 0 saturated carbocycles. The molecule has 1 aliphatic heterocycles. The minimum Gasteiger partial charge on any atom is -0.314 e. The van der Waals surface area contributed by atoms with Crippen molar-refractivity contribution in [3.05, 3.63) is 23.8 Å². The molecule has 5 nitrogen and oxygen atoms in total. The van der Waals surface area contributed by atoms with Crippen molar-refractivity contribution in [2.24, 2.45) is 0 Å².